The molecule has 1 amide bonds. The Hall–Kier alpha value is -3.15. The van der Waals surface area contributed by atoms with Gasteiger partial charge in [0.2, 0.25) is 0 Å². The van der Waals surface area contributed by atoms with E-state index < -0.39 is 5.66 Å². The maximum atomic E-state index is 14.8. The van der Waals surface area contributed by atoms with Gasteiger partial charge in [-0.1, -0.05) is 79.7 Å². The number of nitrogens with zero attached hydrogens (tertiary/aromatic N) is 2. The van der Waals surface area contributed by atoms with Crippen LogP contribution in [-0.2, 0) is 9.53 Å². The van der Waals surface area contributed by atoms with Crippen LogP contribution < -0.4 is 4.74 Å². The van der Waals surface area contributed by atoms with Crippen molar-refractivity contribution in [2.75, 3.05) is 6.61 Å². The van der Waals surface area contributed by atoms with E-state index in [1.807, 2.05) is 62.4 Å². The molecule has 4 rings (SSSR count). The van der Waals surface area contributed by atoms with Gasteiger partial charge in [0, 0.05) is 5.56 Å². The largest absolute Gasteiger partial charge is 0.494 e. The molecule has 1 heterocycles. The fraction of sp³-hybridized carbons (Fsp3) is 0.634. The first-order valence-electron chi connectivity index (χ1n) is 18.0. The van der Waals surface area contributed by atoms with Crippen LogP contribution in [0.5, 0.6) is 5.75 Å². The Kier molecular flexibility index (Phi) is 11.7. The number of aliphatic imine (C=N–C) groups is 1. The van der Waals surface area contributed by atoms with E-state index in [0.717, 1.165) is 68.2 Å². The van der Waals surface area contributed by atoms with Gasteiger partial charge in [-0.15, -0.1) is 0 Å². The summed E-state index contributed by atoms with van der Waals surface area (Å²) >= 11 is 0. The lowest BCUT2D eigenvalue weighted by atomic mass is 9.69. The zero-order valence-electron chi connectivity index (χ0n) is 30.8. The molecule has 0 aromatic heterocycles. The van der Waals surface area contributed by atoms with Crippen molar-refractivity contribution < 1.29 is 19.1 Å². The first-order valence-corrected chi connectivity index (χ1v) is 18.0. The maximum absolute atomic E-state index is 14.8. The van der Waals surface area contributed by atoms with E-state index in [9.17, 15) is 9.59 Å². The van der Waals surface area contributed by atoms with Crippen LogP contribution in [0.3, 0.4) is 0 Å². The van der Waals surface area contributed by atoms with E-state index in [0.29, 0.717) is 29.7 Å². The molecule has 1 fully saturated rings. The van der Waals surface area contributed by atoms with Crippen LogP contribution in [0.2, 0.25) is 0 Å². The smallest absolute Gasteiger partial charge is 0.338 e. The molecule has 1 saturated carbocycles. The van der Waals surface area contributed by atoms with Crippen LogP contribution in [0.25, 0.3) is 0 Å². The summed E-state index contributed by atoms with van der Waals surface area (Å²) in [6.45, 7) is 22.5. The standard InChI is InChI=1S/C41H60N2O4/c1-28(2)13-12-26-46-34-15-11-14-32(27-34)36-37(44)43(41(42-36)24-20-33(21-25-41)40(8,9)10)35(22-23-39(5,6)7)30-16-18-31(19-17-30)38(45)47-29(3)4/h11,14-19,27-29,33,35H,12-13,20-26H2,1-10H3/t33?,35-,41?/m1/s1. The minimum Gasteiger partial charge on any atom is -0.494 e. The average Bonchev–Trinajstić information content (AvgIpc) is 3.25. The molecule has 0 saturated heterocycles. The van der Waals surface area contributed by atoms with Gasteiger partial charge in [0.1, 0.15) is 17.1 Å². The molecule has 1 atom stereocenters. The number of hydrogen-bond acceptors (Lipinski definition) is 5. The van der Waals surface area contributed by atoms with E-state index in [4.69, 9.17) is 14.5 Å². The summed E-state index contributed by atoms with van der Waals surface area (Å²) in [5.74, 6) is 1.65. The molecule has 2 aromatic carbocycles. The Morgan fingerprint density at radius 2 is 1.62 bits per heavy atom. The highest BCUT2D eigenvalue weighted by Gasteiger charge is 2.52. The Labute approximate surface area is 284 Å². The molecular formula is C41H60N2O4. The number of esters is 1. The zero-order valence-corrected chi connectivity index (χ0v) is 30.8. The van der Waals surface area contributed by atoms with Crippen molar-refractivity contribution in [3.05, 3.63) is 65.2 Å². The third-order valence-electron chi connectivity index (χ3n) is 9.86. The predicted octanol–water partition coefficient (Wildman–Crippen LogP) is 10.2. The van der Waals surface area contributed by atoms with Crippen molar-refractivity contribution in [3.63, 3.8) is 0 Å². The van der Waals surface area contributed by atoms with E-state index in [1.54, 1.807) is 0 Å². The highest BCUT2D eigenvalue weighted by molar-refractivity contribution is 6.46. The number of hydrogen-bond donors (Lipinski definition) is 0. The highest BCUT2D eigenvalue weighted by atomic mass is 16.5. The molecule has 0 unspecified atom stereocenters. The predicted molar refractivity (Wildman–Crippen MR) is 192 cm³/mol. The Morgan fingerprint density at radius 1 is 0.957 bits per heavy atom. The third kappa shape index (κ3) is 9.48. The van der Waals surface area contributed by atoms with Gasteiger partial charge in [-0.25, -0.2) is 4.79 Å². The number of carbonyl (C=O) groups excluding carboxylic acids is 2. The molecule has 1 aliphatic carbocycles. The molecule has 0 bridgehead atoms. The van der Waals surface area contributed by atoms with Crippen molar-refractivity contribution in [3.8, 4) is 5.75 Å². The molecule has 2 aliphatic rings. The SMILES string of the molecule is CC(C)CCCOc1cccc(C2=NC3(CCC(C(C)(C)C)CC3)N([C@H](CCC(C)(C)C)c3ccc(C(=O)OC(C)C)cc3)C2=O)c1. The average molecular weight is 645 g/mol. The van der Waals surface area contributed by atoms with Gasteiger partial charge in [0.05, 0.1) is 24.3 Å². The maximum Gasteiger partial charge on any atom is 0.338 e. The fourth-order valence-electron chi connectivity index (χ4n) is 7.08. The van der Waals surface area contributed by atoms with Crippen molar-refractivity contribution in [2.45, 2.75) is 138 Å². The van der Waals surface area contributed by atoms with Crippen molar-refractivity contribution in [1.29, 1.82) is 0 Å². The molecule has 6 nitrogen and oxygen atoms in total. The summed E-state index contributed by atoms with van der Waals surface area (Å²) < 4.78 is 11.6. The number of ether oxygens (including phenoxy) is 2. The second-order valence-corrected chi connectivity index (χ2v) is 16.9. The molecule has 1 aliphatic heterocycles. The van der Waals surface area contributed by atoms with Crippen LogP contribution in [0, 0.1) is 22.7 Å². The molecule has 0 radical (unpaired) electrons. The van der Waals surface area contributed by atoms with E-state index in [1.165, 1.54) is 0 Å². The zero-order chi connectivity index (χ0) is 34.6. The van der Waals surface area contributed by atoms with Gasteiger partial charge in [0.15, 0.2) is 0 Å². The number of benzene rings is 2. The summed E-state index contributed by atoms with van der Waals surface area (Å²) in [7, 11) is 0. The lowest BCUT2D eigenvalue weighted by molar-refractivity contribution is -0.134. The number of rotatable bonds is 12. The number of carbonyl (C=O) groups is 2. The van der Waals surface area contributed by atoms with Crippen LogP contribution in [0.4, 0.5) is 0 Å². The Morgan fingerprint density at radius 3 is 2.19 bits per heavy atom. The highest BCUT2D eigenvalue weighted by Crippen LogP contribution is 2.50. The van der Waals surface area contributed by atoms with Gasteiger partial charge >= 0.3 is 5.97 Å². The first kappa shape index (κ1) is 36.7. The lowest BCUT2D eigenvalue weighted by Crippen LogP contribution is -2.51. The summed E-state index contributed by atoms with van der Waals surface area (Å²) in [4.78, 5) is 35.1. The first-order chi connectivity index (χ1) is 22.0. The van der Waals surface area contributed by atoms with E-state index >= 15 is 0 Å². The second kappa shape index (κ2) is 15.0. The van der Waals surface area contributed by atoms with E-state index in [-0.39, 0.29) is 34.9 Å². The van der Waals surface area contributed by atoms with Crippen molar-refractivity contribution in [2.24, 2.45) is 27.7 Å². The Bertz CT molecular complexity index is 1390. The molecule has 6 heteroatoms. The van der Waals surface area contributed by atoms with Crippen LogP contribution in [0.15, 0.2) is 53.5 Å². The van der Waals surface area contributed by atoms with Crippen molar-refractivity contribution >= 4 is 17.6 Å². The molecular weight excluding hydrogens is 584 g/mol. The number of amides is 1. The topological polar surface area (TPSA) is 68.2 Å². The molecule has 258 valence electrons. The van der Waals surface area contributed by atoms with Crippen LogP contribution in [-0.4, -0.2) is 40.9 Å². The van der Waals surface area contributed by atoms with Crippen LogP contribution in [0.1, 0.15) is 148 Å². The van der Waals surface area contributed by atoms with Gasteiger partial charge in [-0.3, -0.25) is 9.79 Å². The van der Waals surface area contributed by atoms with E-state index in [2.05, 4.69) is 60.3 Å². The van der Waals surface area contributed by atoms with Gasteiger partial charge in [-0.05, 0) is 118 Å². The molecule has 2 aromatic rings. The molecule has 47 heavy (non-hydrogen) atoms. The molecule has 1 spiro atoms. The van der Waals surface area contributed by atoms with Gasteiger partial charge in [-0.2, -0.15) is 0 Å². The Balaban J connectivity index is 1.73. The summed E-state index contributed by atoms with van der Waals surface area (Å²) in [5, 5.41) is 0. The third-order valence-corrected chi connectivity index (χ3v) is 9.86. The monoisotopic (exact) mass is 644 g/mol. The second-order valence-electron chi connectivity index (χ2n) is 16.9. The quantitative estimate of drug-likeness (QED) is 0.170. The summed E-state index contributed by atoms with van der Waals surface area (Å²) in [5.41, 5.74) is 2.58. The molecule has 0 N–H and O–H groups in total. The van der Waals surface area contributed by atoms with Crippen LogP contribution >= 0.6 is 0 Å². The lowest BCUT2D eigenvalue weighted by Gasteiger charge is -2.47. The summed E-state index contributed by atoms with van der Waals surface area (Å²) in [6, 6.07) is 15.5. The van der Waals surface area contributed by atoms with Crippen molar-refractivity contribution in [1.82, 2.24) is 4.90 Å². The minimum atomic E-state index is -0.611. The normalized spacial score (nSPS) is 21.0. The van der Waals surface area contributed by atoms with Gasteiger partial charge in [0.25, 0.3) is 5.91 Å². The van der Waals surface area contributed by atoms with Gasteiger partial charge < -0.3 is 14.4 Å². The minimum absolute atomic E-state index is 0.0154. The summed E-state index contributed by atoms with van der Waals surface area (Å²) in [6.07, 6.45) is 7.38. The fourth-order valence-corrected chi connectivity index (χ4v) is 7.08.